The summed E-state index contributed by atoms with van der Waals surface area (Å²) in [7, 11) is 0. The highest BCUT2D eigenvalue weighted by Crippen LogP contribution is 2.18. The maximum atomic E-state index is 11.6. The Balaban J connectivity index is -0.000000273. The maximum absolute atomic E-state index is 11.6. The summed E-state index contributed by atoms with van der Waals surface area (Å²) >= 11 is 0. The van der Waals surface area contributed by atoms with Crippen molar-refractivity contribution in [1.82, 2.24) is 15.1 Å². The van der Waals surface area contributed by atoms with E-state index in [9.17, 15) is 9.59 Å². The number of esters is 1. The van der Waals surface area contributed by atoms with Crippen LogP contribution in [-0.2, 0) is 14.3 Å². The molecule has 0 unspecified atom stereocenters. The Labute approximate surface area is 283 Å². The number of piperidine rings is 2. The minimum atomic E-state index is -0.452. The summed E-state index contributed by atoms with van der Waals surface area (Å²) < 4.78 is 4.70. The highest BCUT2D eigenvalue weighted by atomic mass is 35.5. The van der Waals surface area contributed by atoms with Gasteiger partial charge in [-0.1, -0.05) is 7.43 Å². The van der Waals surface area contributed by atoms with Crippen molar-refractivity contribution in [2.75, 3.05) is 39.4 Å². The SMILES string of the molecule is C.CC1(C)CC(=O)C=C(N=C(N)N2CCCCC2)N1.CCO.CCOC(=O)CC(C)(C)N.Cl.Cl.N#CN=C(N)N1CCCCC1. The third-order valence-electron chi connectivity index (χ3n) is 6.05. The molecule has 3 heterocycles. The molecule has 3 rings (SSSR count). The quantitative estimate of drug-likeness (QED) is 0.126. The number of aliphatic hydroxyl groups excluding tert-OH is 1. The lowest BCUT2D eigenvalue weighted by atomic mass is 9.95. The summed E-state index contributed by atoms with van der Waals surface area (Å²) in [6.45, 7) is 15.5. The van der Waals surface area contributed by atoms with Crippen LogP contribution < -0.4 is 22.5 Å². The van der Waals surface area contributed by atoms with Crippen molar-refractivity contribution in [2.24, 2.45) is 27.2 Å². The zero-order chi connectivity index (χ0) is 32.2. The lowest BCUT2D eigenvalue weighted by Gasteiger charge is -2.31. The van der Waals surface area contributed by atoms with E-state index in [1.54, 1.807) is 40.0 Å². The Hall–Kier alpha value is -2.79. The topological polar surface area (TPSA) is 209 Å². The van der Waals surface area contributed by atoms with Crippen molar-refractivity contribution >= 4 is 48.5 Å². The van der Waals surface area contributed by atoms with Gasteiger partial charge in [-0.25, -0.2) is 0 Å². The first-order valence-corrected chi connectivity index (χ1v) is 14.8. The van der Waals surface area contributed by atoms with Gasteiger partial charge >= 0.3 is 5.97 Å². The zero-order valence-electron chi connectivity index (χ0n) is 27.4. The predicted molar refractivity (Wildman–Crippen MR) is 188 cm³/mol. The molecule has 3 aliphatic heterocycles. The van der Waals surface area contributed by atoms with Crippen LogP contribution in [0, 0.1) is 11.5 Å². The van der Waals surface area contributed by atoms with Gasteiger partial charge in [-0.3, -0.25) is 9.59 Å². The summed E-state index contributed by atoms with van der Waals surface area (Å²) in [4.78, 5) is 34.2. The molecule has 0 aromatic heterocycles. The van der Waals surface area contributed by atoms with Gasteiger partial charge < -0.3 is 42.2 Å². The van der Waals surface area contributed by atoms with Crippen LogP contribution >= 0.6 is 24.8 Å². The van der Waals surface area contributed by atoms with E-state index in [4.69, 9.17) is 32.3 Å². The van der Waals surface area contributed by atoms with E-state index in [1.165, 1.54) is 12.8 Å². The van der Waals surface area contributed by atoms with E-state index in [0.717, 1.165) is 51.9 Å². The molecule has 0 spiro atoms. The lowest BCUT2D eigenvalue weighted by Crippen LogP contribution is -2.45. The molecule has 0 aliphatic carbocycles. The number of carbonyl (C=O) groups is 2. The average molecular weight is 683 g/mol. The van der Waals surface area contributed by atoms with E-state index in [1.807, 2.05) is 18.7 Å². The van der Waals surface area contributed by atoms with E-state index in [-0.39, 0.29) is 62.6 Å². The molecule has 0 radical (unpaired) electrons. The van der Waals surface area contributed by atoms with Gasteiger partial charge in [-0.15, -0.1) is 29.8 Å². The molecule has 0 amide bonds. The number of halogens is 2. The molecular weight excluding hydrogens is 621 g/mol. The normalized spacial score (nSPS) is 17.5. The van der Waals surface area contributed by atoms with Crippen LogP contribution in [0.15, 0.2) is 21.9 Å². The van der Waals surface area contributed by atoms with Gasteiger partial charge in [-0.2, -0.15) is 10.3 Å². The highest BCUT2D eigenvalue weighted by molar-refractivity contribution is 5.92. The number of hydrogen-bond donors (Lipinski definition) is 5. The molecule has 45 heavy (non-hydrogen) atoms. The van der Waals surface area contributed by atoms with Crippen molar-refractivity contribution in [1.29, 1.82) is 5.26 Å². The van der Waals surface area contributed by atoms with Crippen molar-refractivity contribution in [3.8, 4) is 6.19 Å². The number of nitrogens with zero attached hydrogens (tertiary/aromatic N) is 5. The molecule has 0 aromatic rings. The minimum Gasteiger partial charge on any atom is -0.466 e. The third-order valence-corrected chi connectivity index (χ3v) is 6.05. The monoisotopic (exact) mass is 681 g/mol. The van der Waals surface area contributed by atoms with Crippen LogP contribution in [-0.4, -0.2) is 89.0 Å². The second-order valence-corrected chi connectivity index (χ2v) is 11.6. The molecule has 2 fully saturated rings. The van der Waals surface area contributed by atoms with E-state index < -0.39 is 5.54 Å². The molecule has 15 heteroatoms. The fourth-order valence-electron chi connectivity index (χ4n) is 4.27. The number of aliphatic hydroxyl groups is 1. The molecule has 0 aromatic carbocycles. The Morgan fingerprint density at radius 2 is 1.49 bits per heavy atom. The average Bonchev–Trinajstić information content (AvgIpc) is 2.89. The number of allylic oxidation sites excluding steroid dienone is 1. The lowest BCUT2D eigenvalue weighted by molar-refractivity contribution is -0.144. The molecule has 0 bridgehead atoms. The smallest absolute Gasteiger partial charge is 0.307 e. The Bertz CT molecular complexity index is 950. The van der Waals surface area contributed by atoms with E-state index in [0.29, 0.717) is 30.8 Å². The molecule has 0 atom stereocenters. The van der Waals surface area contributed by atoms with Gasteiger partial charge in [0.1, 0.15) is 5.82 Å². The van der Waals surface area contributed by atoms with E-state index >= 15 is 0 Å². The number of nitriles is 1. The molecule has 0 saturated carbocycles. The second-order valence-electron chi connectivity index (χ2n) is 11.6. The number of ketones is 1. The van der Waals surface area contributed by atoms with Gasteiger partial charge in [0.25, 0.3) is 0 Å². The van der Waals surface area contributed by atoms with Gasteiger partial charge in [0.05, 0.1) is 13.0 Å². The number of likely N-dealkylation sites (tertiary alicyclic amines) is 2. The van der Waals surface area contributed by atoms with Gasteiger partial charge in [0.2, 0.25) is 12.2 Å². The van der Waals surface area contributed by atoms with Crippen molar-refractivity contribution in [2.45, 2.75) is 111 Å². The first-order valence-electron chi connectivity index (χ1n) is 14.8. The van der Waals surface area contributed by atoms with Crippen LogP contribution in [0.1, 0.15) is 100 Å². The van der Waals surface area contributed by atoms with Gasteiger partial charge in [0.15, 0.2) is 11.7 Å². The first kappa shape index (κ1) is 49.1. The fourth-order valence-corrected chi connectivity index (χ4v) is 4.27. The molecular formula is C30H61Cl2N9O4. The molecule has 3 aliphatic rings. The standard InChI is InChI=1S/C13H22N4O.C7H12N4.C7H15NO2.C2H6O.CH4.2ClH/c1-13(2)9-10(18)8-11(16-13)15-12(14)17-6-4-3-5-7-17;8-6-10-7(9)11-4-2-1-3-5-11;1-4-10-6(9)5-7(2,3)8;1-2-3;;;/h8,16H,3-7,9H2,1-2H3,(H2,14,15);1-5H2,(H2,9,10);4-5,8H2,1-3H3;3H,2H2,1H3;1H4;2*1H. The summed E-state index contributed by atoms with van der Waals surface area (Å²) in [5, 5.41) is 19.0. The Morgan fingerprint density at radius 3 is 1.87 bits per heavy atom. The number of hydrogen-bond acceptors (Lipinski definition) is 9. The van der Waals surface area contributed by atoms with E-state index in [2.05, 4.69) is 20.2 Å². The van der Waals surface area contributed by atoms with Crippen LogP contribution in [0.25, 0.3) is 0 Å². The highest BCUT2D eigenvalue weighted by Gasteiger charge is 2.27. The molecule has 13 nitrogen and oxygen atoms in total. The number of carbonyl (C=O) groups excluding carboxylic acids is 2. The molecule has 264 valence electrons. The van der Waals surface area contributed by atoms with Crippen LogP contribution in [0.3, 0.4) is 0 Å². The van der Waals surface area contributed by atoms with Crippen LogP contribution in [0.2, 0.25) is 0 Å². The summed E-state index contributed by atoms with van der Waals surface area (Å²) in [6, 6.07) is 0. The number of nitrogens with two attached hydrogens (primary N) is 3. The number of nitrogens with one attached hydrogen (secondary N) is 1. The second kappa shape index (κ2) is 26.4. The summed E-state index contributed by atoms with van der Waals surface area (Å²) in [5.74, 6) is 1.34. The van der Waals surface area contributed by atoms with Crippen LogP contribution in [0.5, 0.6) is 0 Å². The van der Waals surface area contributed by atoms with Crippen LogP contribution in [0.4, 0.5) is 0 Å². The van der Waals surface area contributed by atoms with Crippen molar-refractivity contribution < 1.29 is 19.4 Å². The largest absolute Gasteiger partial charge is 0.466 e. The predicted octanol–water partition coefficient (Wildman–Crippen LogP) is 3.39. The first-order chi connectivity index (χ1) is 19.7. The number of aliphatic imine (C=N–C) groups is 2. The maximum Gasteiger partial charge on any atom is 0.307 e. The Morgan fingerprint density at radius 1 is 1.04 bits per heavy atom. The van der Waals surface area contributed by atoms with Crippen molar-refractivity contribution in [3.63, 3.8) is 0 Å². The number of guanidine groups is 2. The summed E-state index contributed by atoms with van der Waals surface area (Å²) in [5.41, 5.74) is 16.4. The van der Waals surface area contributed by atoms with Crippen molar-refractivity contribution in [3.05, 3.63) is 11.9 Å². The fraction of sp³-hybridized carbons (Fsp3) is 0.767. The third kappa shape index (κ3) is 25.1. The Kier molecular flexibility index (Phi) is 28.8. The minimum absolute atomic E-state index is 0. The van der Waals surface area contributed by atoms with Gasteiger partial charge in [0, 0.05) is 56.4 Å². The van der Waals surface area contributed by atoms with Gasteiger partial charge in [-0.05, 0) is 80.1 Å². The number of ether oxygens (including phenoxy) is 1. The zero-order valence-corrected chi connectivity index (χ0v) is 29.1. The molecule has 2 saturated heterocycles. The number of rotatable bonds is 4. The summed E-state index contributed by atoms with van der Waals surface area (Å²) in [6.07, 6.45) is 11.2. The molecule has 8 N–H and O–H groups in total.